The van der Waals surface area contributed by atoms with Crippen LogP contribution < -0.4 is 5.73 Å². The fraction of sp³-hybridized carbons (Fsp3) is 0.222. The van der Waals surface area contributed by atoms with Crippen molar-refractivity contribution in [2.24, 2.45) is 7.05 Å². The van der Waals surface area contributed by atoms with Crippen LogP contribution in [0.2, 0.25) is 0 Å². The zero-order chi connectivity index (χ0) is 9.42. The van der Waals surface area contributed by atoms with Gasteiger partial charge in [-0.3, -0.25) is 0 Å². The lowest BCUT2D eigenvalue weighted by Gasteiger charge is -1.99. The predicted molar refractivity (Wildman–Crippen MR) is 55.7 cm³/mol. The van der Waals surface area contributed by atoms with Gasteiger partial charge in [0.15, 0.2) is 5.13 Å². The van der Waals surface area contributed by atoms with Gasteiger partial charge in [0, 0.05) is 18.1 Å². The molecule has 4 heteroatoms. The van der Waals surface area contributed by atoms with Crippen molar-refractivity contribution < 1.29 is 0 Å². The van der Waals surface area contributed by atoms with E-state index < -0.39 is 0 Å². The minimum absolute atomic E-state index is 0.633. The van der Waals surface area contributed by atoms with E-state index in [9.17, 15) is 0 Å². The molecule has 0 atom stereocenters. The molecule has 0 saturated carbocycles. The smallest absolute Gasteiger partial charge is 0.180 e. The Labute approximate surface area is 80.8 Å². The predicted octanol–water partition coefficient (Wildman–Crippen LogP) is 2.04. The van der Waals surface area contributed by atoms with Crippen molar-refractivity contribution in [2.75, 3.05) is 5.73 Å². The van der Waals surface area contributed by atoms with Gasteiger partial charge in [-0.15, -0.1) is 11.3 Å². The second-order valence-electron chi connectivity index (χ2n) is 2.96. The first kappa shape index (κ1) is 8.31. The summed E-state index contributed by atoms with van der Waals surface area (Å²) in [5.74, 6) is 0. The summed E-state index contributed by atoms with van der Waals surface area (Å²) in [7, 11) is 2.00. The number of aromatic nitrogens is 2. The average Bonchev–Trinajstić information content (AvgIpc) is 2.58. The van der Waals surface area contributed by atoms with E-state index in [-0.39, 0.29) is 0 Å². The van der Waals surface area contributed by atoms with E-state index in [0.29, 0.717) is 5.13 Å². The van der Waals surface area contributed by atoms with Crippen LogP contribution in [0.1, 0.15) is 4.88 Å². The van der Waals surface area contributed by atoms with Crippen molar-refractivity contribution in [2.45, 2.75) is 6.92 Å². The Hall–Kier alpha value is -1.29. The molecule has 0 amide bonds. The summed E-state index contributed by atoms with van der Waals surface area (Å²) < 4.78 is 2.04. The Bertz CT molecular complexity index is 428. The van der Waals surface area contributed by atoms with Gasteiger partial charge in [0.25, 0.3) is 0 Å². The van der Waals surface area contributed by atoms with E-state index in [2.05, 4.69) is 4.98 Å². The van der Waals surface area contributed by atoms with Crippen LogP contribution in [-0.4, -0.2) is 9.55 Å². The van der Waals surface area contributed by atoms with Crippen LogP contribution in [0.25, 0.3) is 11.4 Å². The monoisotopic (exact) mass is 193 g/mol. The normalized spacial score (nSPS) is 10.6. The molecule has 2 N–H and O–H groups in total. The molecular formula is C9H11N3S. The molecule has 2 aromatic rings. The summed E-state index contributed by atoms with van der Waals surface area (Å²) in [5.41, 5.74) is 7.75. The summed E-state index contributed by atoms with van der Waals surface area (Å²) in [6.07, 6.45) is 2.00. The first-order chi connectivity index (χ1) is 6.18. The number of hydrogen-bond acceptors (Lipinski definition) is 3. The number of aryl methyl sites for hydroxylation is 2. The maximum Gasteiger partial charge on any atom is 0.180 e. The van der Waals surface area contributed by atoms with E-state index in [1.54, 1.807) is 0 Å². The molecule has 0 spiro atoms. The van der Waals surface area contributed by atoms with Gasteiger partial charge < -0.3 is 10.3 Å². The number of nitrogens with two attached hydrogens (primary N) is 1. The largest absolute Gasteiger partial charge is 0.375 e. The molecular weight excluding hydrogens is 182 g/mol. The Morgan fingerprint density at radius 2 is 2.31 bits per heavy atom. The van der Waals surface area contributed by atoms with Gasteiger partial charge in [-0.1, -0.05) is 0 Å². The van der Waals surface area contributed by atoms with Crippen LogP contribution in [0.4, 0.5) is 5.13 Å². The third kappa shape index (κ3) is 1.33. The fourth-order valence-corrected chi connectivity index (χ4v) is 2.06. The quantitative estimate of drug-likeness (QED) is 0.753. The molecule has 0 fully saturated rings. The minimum atomic E-state index is 0.633. The zero-order valence-corrected chi connectivity index (χ0v) is 8.43. The van der Waals surface area contributed by atoms with Crippen LogP contribution in [0.3, 0.4) is 0 Å². The molecule has 2 rings (SSSR count). The third-order valence-corrected chi connectivity index (χ3v) is 2.80. The van der Waals surface area contributed by atoms with Crippen molar-refractivity contribution in [3.63, 3.8) is 0 Å². The molecule has 13 heavy (non-hydrogen) atoms. The minimum Gasteiger partial charge on any atom is -0.375 e. The van der Waals surface area contributed by atoms with Gasteiger partial charge in [-0.25, -0.2) is 4.98 Å². The Morgan fingerprint density at radius 1 is 1.54 bits per heavy atom. The lowest BCUT2D eigenvalue weighted by molar-refractivity contribution is 0.931. The molecule has 68 valence electrons. The van der Waals surface area contributed by atoms with Crippen LogP contribution in [-0.2, 0) is 7.05 Å². The van der Waals surface area contributed by atoms with Gasteiger partial charge in [0.05, 0.1) is 5.69 Å². The first-order valence-corrected chi connectivity index (χ1v) is 4.84. The first-order valence-electron chi connectivity index (χ1n) is 4.03. The molecule has 0 unspecified atom stereocenters. The highest BCUT2D eigenvalue weighted by atomic mass is 32.1. The van der Waals surface area contributed by atoms with E-state index in [1.165, 1.54) is 16.2 Å². The molecule has 0 radical (unpaired) electrons. The standard InChI is InChI=1S/C9H11N3S/c1-6-8(11-9(10)13-6)7-4-3-5-12(7)2/h3-5H,1-2H3,(H2,10,11). The van der Waals surface area contributed by atoms with Crippen LogP contribution in [0.15, 0.2) is 18.3 Å². The molecule has 0 aliphatic heterocycles. The number of hydrogen-bond donors (Lipinski definition) is 1. The summed E-state index contributed by atoms with van der Waals surface area (Å²) in [6, 6.07) is 4.05. The molecule has 0 aromatic carbocycles. The Morgan fingerprint density at radius 3 is 2.77 bits per heavy atom. The van der Waals surface area contributed by atoms with Crippen molar-refractivity contribution >= 4 is 16.5 Å². The maximum atomic E-state index is 5.63. The summed E-state index contributed by atoms with van der Waals surface area (Å²) in [4.78, 5) is 5.46. The second kappa shape index (κ2) is 2.88. The summed E-state index contributed by atoms with van der Waals surface area (Å²) in [5, 5.41) is 0.633. The molecule has 3 nitrogen and oxygen atoms in total. The van der Waals surface area contributed by atoms with Crippen molar-refractivity contribution in [1.29, 1.82) is 0 Å². The molecule has 0 bridgehead atoms. The molecule has 2 aromatic heterocycles. The number of nitrogen functional groups attached to an aromatic ring is 1. The van der Waals surface area contributed by atoms with Crippen molar-refractivity contribution in [1.82, 2.24) is 9.55 Å². The highest BCUT2D eigenvalue weighted by Gasteiger charge is 2.09. The van der Waals surface area contributed by atoms with Gasteiger partial charge >= 0.3 is 0 Å². The molecule has 0 saturated heterocycles. The third-order valence-electron chi connectivity index (χ3n) is 2.00. The van der Waals surface area contributed by atoms with Gasteiger partial charge in [-0.05, 0) is 19.1 Å². The van der Waals surface area contributed by atoms with E-state index in [4.69, 9.17) is 5.73 Å². The lowest BCUT2D eigenvalue weighted by Crippen LogP contribution is -1.91. The number of rotatable bonds is 1. The topological polar surface area (TPSA) is 43.8 Å². The van der Waals surface area contributed by atoms with Gasteiger partial charge in [0.2, 0.25) is 0 Å². The van der Waals surface area contributed by atoms with Crippen molar-refractivity contribution in [3.05, 3.63) is 23.2 Å². The zero-order valence-electron chi connectivity index (χ0n) is 7.61. The van der Waals surface area contributed by atoms with Gasteiger partial charge in [0.1, 0.15) is 5.69 Å². The van der Waals surface area contributed by atoms with Crippen LogP contribution >= 0.6 is 11.3 Å². The number of nitrogens with zero attached hydrogens (tertiary/aromatic N) is 2. The Balaban J connectivity index is 2.58. The summed E-state index contributed by atoms with van der Waals surface area (Å²) in [6.45, 7) is 2.04. The second-order valence-corrected chi connectivity index (χ2v) is 4.20. The lowest BCUT2D eigenvalue weighted by atomic mass is 10.3. The SMILES string of the molecule is Cc1sc(N)nc1-c1cccn1C. The molecule has 2 heterocycles. The highest BCUT2D eigenvalue weighted by molar-refractivity contribution is 7.15. The number of anilines is 1. The number of thiazole rings is 1. The van der Waals surface area contributed by atoms with Crippen LogP contribution in [0.5, 0.6) is 0 Å². The van der Waals surface area contributed by atoms with E-state index >= 15 is 0 Å². The average molecular weight is 193 g/mol. The fourth-order valence-electron chi connectivity index (χ4n) is 1.36. The maximum absolute atomic E-state index is 5.63. The van der Waals surface area contributed by atoms with E-state index in [0.717, 1.165) is 11.4 Å². The van der Waals surface area contributed by atoms with Gasteiger partial charge in [-0.2, -0.15) is 0 Å². The molecule has 0 aliphatic rings. The van der Waals surface area contributed by atoms with E-state index in [1.807, 2.05) is 36.9 Å². The van der Waals surface area contributed by atoms with Crippen molar-refractivity contribution in [3.8, 4) is 11.4 Å². The highest BCUT2D eigenvalue weighted by Crippen LogP contribution is 2.28. The molecule has 0 aliphatic carbocycles. The summed E-state index contributed by atoms with van der Waals surface area (Å²) >= 11 is 1.53. The Kier molecular flexibility index (Phi) is 1.84. The van der Waals surface area contributed by atoms with Crippen LogP contribution in [0, 0.1) is 6.92 Å².